The molecule has 1 aliphatic carbocycles. The molecule has 1 saturated carbocycles. The number of carbonyl (C=O) groups is 1. The monoisotopic (exact) mass is 371 g/mol. The number of benzene rings is 1. The van der Waals surface area contributed by atoms with Crippen molar-refractivity contribution in [3.63, 3.8) is 0 Å². The van der Waals surface area contributed by atoms with Crippen LogP contribution in [0.1, 0.15) is 47.7 Å². The first kappa shape index (κ1) is 16.6. The Hall–Kier alpha value is -2.81. The Balaban J connectivity index is 1.36. The van der Waals surface area contributed by atoms with Crippen LogP contribution in [0.15, 0.2) is 29.8 Å². The molecule has 2 N–H and O–H groups in total. The third-order valence-corrected chi connectivity index (χ3v) is 5.41. The molecule has 2 heterocycles. The number of rotatable bonds is 5. The summed E-state index contributed by atoms with van der Waals surface area (Å²) in [6.45, 7) is 0. The summed E-state index contributed by atoms with van der Waals surface area (Å²) in [7, 11) is 0. The van der Waals surface area contributed by atoms with Crippen molar-refractivity contribution < 1.29 is 14.6 Å². The number of H-pyrrole nitrogens is 1. The van der Waals surface area contributed by atoms with Gasteiger partial charge in [-0.3, -0.25) is 0 Å². The number of nitrogens with zero attached hydrogens (tertiary/aromatic N) is 4. The second kappa shape index (κ2) is 7.20. The summed E-state index contributed by atoms with van der Waals surface area (Å²) < 4.78 is 5.74. The molecule has 26 heavy (non-hydrogen) atoms. The van der Waals surface area contributed by atoms with Crippen molar-refractivity contribution in [2.45, 2.75) is 37.7 Å². The molecule has 134 valence electrons. The Morgan fingerprint density at radius 1 is 1.15 bits per heavy atom. The second-order valence-corrected chi connectivity index (χ2v) is 7.09. The third kappa shape index (κ3) is 3.43. The summed E-state index contributed by atoms with van der Waals surface area (Å²) in [5.74, 6) is -0.564. The van der Waals surface area contributed by atoms with Crippen molar-refractivity contribution in [2.75, 3.05) is 0 Å². The quantitative estimate of drug-likeness (QED) is 0.708. The number of aromatic carboxylic acids is 1. The zero-order chi connectivity index (χ0) is 17.9. The van der Waals surface area contributed by atoms with E-state index in [0.717, 1.165) is 36.3 Å². The van der Waals surface area contributed by atoms with Gasteiger partial charge in [0.1, 0.15) is 16.6 Å². The van der Waals surface area contributed by atoms with Gasteiger partial charge in [0.05, 0.1) is 0 Å². The van der Waals surface area contributed by atoms with E-state index in [0.29, 0.717) is 5.92 Å². The molecule has 0 aliphatic heterocycles. The molecule has 0 unspecified atom stereocenters. The number of carboxylic acid groups (broad SMARTS) is 1. The smallest absolute Gasteiger partial charge is 0.359 e. The van der Waals surface area contributed by atoms with Crippen molar-refractivity contribution in [1.82, 2.24) is 25.6 Å². The number of carboxylic acids is 1. The lowest BCUT2D eigenvalue weighted by Crippen LogP contribution is -2.24. The van der Waals surface area contributed by atoms with Crippen LogP contribution in [-0.4, -0.2) is 42.8 Å². The van der Waals surface area contributed by atoms with Gasteiger partial charge in [-0.05, 0) is 37.2 Å². The van der Waals surface area contributed by atoms with Gasteiger partial charge in [-0.1, -0.05) is 45.9 Å². The zero-order valence-electron chi connectivity index (χ0n) is 13.8. The molecule has 1 aromatic carbocycles. The molecule has 2 aromatic heterocycles. The Morgan fingerprint density at radius 3 is 2.58 bits per heavy atom. The largest absolute Gasteiger partial charge is 0.476 e. The van der Waals surface area contributed by atoms with Gasteiger partial charge in [0.2, 0.25) is 5.69 Å². The Kier molecular flexibility index (Phi) is 4.61. The van der Waals surface area contributed by atoms with E-state index in [2.05, 4.69) is 49.9 Å². The van der Waals surface area contributed by atoms with E-state index >= 15 is 0 Å². The first-order chi connectivity index (χ1) is 12.7. The summed E-state index contributed by atoms with van der Waals surface area (Å²) in [5.41, 5.74) is 4.03. The highest BCUT2D eigenvalue weighted by Gasteiger charge is 2.26. The molecular formula is C17H17N5O3S. The van der Waals surface area contributed by atoms with Crippen molar-refractivity contribution in [3.05, 3.63) is 41.0 Å². The SMILES string of the molecule is O=C(O)c1[nH]nnc1O[C@H]1CC[C@H](c2ccc(-c3nncs3)cc2)CC1. The zero-order valence-corrected chi connectivity index (χ0v) is 14.6. The minimum Gasteiger partial charge on any atom is -0.476 e. The summed E-state index contributed by atoms with van der Waals surface area (Å²) in [6, 6.07) is 8.49. The number of hydrogen-bond donors (Lipinski definition) is 2. The molecule has 0 bridgehead atoms. The van der Waals surface area contributed by atoms with Crippen LogP contribution in [0.3, 0.4) is 0 Å². The van der Waals surface area contributed by atoms with Crippen LogP contribution in [0.25, 0.3) is 10.6 Å². The fraction of sp³-hybridized carbons (Fsp3) is 0.353. The van der Waals surface area contributed by atoms with Gasteiger partial charge in [-0.15, -0.1) is 10.2 Å². The van der Waals surface area contributed by atoms with E-state index in [1.165, 1.54) is 16.9 Å². The van der Waals surface area contributed by atoms with Crippen molar-refractivity contribution >= 4 is 17.3 Å². The number of nitrogens with one attached hydrogen (secondary N) is 1. The molecular weight excluding hydrogens is 354 g/mol. The average Bonchev–Trinajstić information content (AvgIpc) is 3.34. The first-order valence-electron chi connectivity index (χ1n) is 8.38. The average molecular weight is 371 g/mol. The maximum Gasteiger partial charge on any atom is 0.359 e. The van der Waals surface area contributed by atoms with E-state index in [1.807, 2.05) is 0 Å². The molecule has 3 aromatic rings. The first-order valence-corrected chi connectivity index (χ1v) is 9.26. The predicted molar refractivity (Wildman–Crippen MR) is 94.3 cm³/mol. The van der Waals surface area contributed by atoms with Crippen molar-refractivity contribution in [3.8, 4) is 16.5 Å². The Labute approximate surface area is 153 Å². The number of aromatic nitrogens is 5. The topological polar surface area (TPSA) is 114 Å². The van der Waals surface area contributed by atoms with Crippen molar-refractivity contribution in [1.29, 1.82) is 0 Å². The number of hydrogen-bond acceptors (Lipinski definition) is 7. The molecule has 0 amide bonds. The van der Waals surface area contributed by atoms with Crippen LogP contribution in [0.5, 0.6) is 5.88 Å². The fourth-order valence-corrected chi connectivity index (χ4v) is 3.87. The minimum absolute atomic E-state index is 0.0323. The maximum absolute atomic E-state index is 11.1. The highest BCUT2D eigenvalue weighted by atomic mass is 32.1. The summed E-state index contributed by atoms with van der Waals surface area (Å²) in [4.78, 5) is 11.1. The normalized spacial score (nSPS) is 20.0. The van der Waals surface area contributed by atoms with Crippen LogP contribution in [-0.2, 0) is 0 Å². The van der Waals surface area contributed by atoms with Gasteiger partial charge in [0, 0.05) is 5.56 Å². The molecule has 0 saturated heterocycles. The Morgan fingerprint density at radius 2 is 1.92 bits per heavy atom. The summed E-state index contributed by atoms with van der Waals surface area (Å²) in [6.07, 6.45) is 3.66. The van der Waals surface area contributed by atoms with Gasteiger partial charge in [0.25, 0.3) is 5.88 Å². The molecule has 8 nitrogen and oxygen atoms in total. The molecule has 0 spiro atoms. The standard InChI is InChI=1S/C17H17N5O3S/c23-17(24)14-15(20-22-19-14)25-13-7-5-11(6-8-13)10-1-3-12(4-2-10)16-21-18-9-26-16/h1-4,9,11,13H,5-8H2,(H,23,24)(H,19,20,22)/t11-,13-. The molecule has 1 fully saturated rings. The van der Waals surface area contributed by atoms with E-state index in [-0.39, 0.29) is 17.7 Å². The summed E-state index contributed by atoms with van der Waals surface area (Å²) in [5, 5.41) is 27.5. The van der Waals surface area contributed by atoms with Gasteiger partial charge in [0.15, 0.2) is 0 Å². The minimum atomic E-state index is -1.12. The number of aromatic amines is 1. The van der Waals surface area contributed by atoms with Crippen LogP contribution in [0, 0.1) is 0 Å². The van der Waals surface area contributed by atoms with Gasteiger partial charge >= 0.3 is 5.97 Å². The lowest BCUT2D eigenvalue weighted by molar-refractivity contribution is 0.0678. The molecule has 9 heteroatoms. The second-order valence-electron chi connectivity index (χ2n) is 6.25. The molecule has 1 aliphatic rings. The van der Waals surface area contributed by atoms with Gasteiger partial charge in [-0.2, -0.15) is 0 Å². The lowest BCUT2D eigenvalue weighted by atomic mass is 9.82. The molecule has 0 radical (unpaired) electrons. The van der Waals surface area contributed by atoms with Crippen molar-refractivity contribution in [2.24, 2.45) is 0 Å². The highest BCUT2D eigenvalue weighted by molar-refractivity contribution is 7.12. The maximum atomic E-state index is 11.1. The van der Waals surface area contributed by atoms with E-state index in [4.69, 9.17) is 9.84 Å². The van der Waals surface area contributed by atoms with E-state index in [1.54, 1.807) is 5.51 Å². The highest BCUT2D eigenvalue weighted by Crippen LogP contribution is 2.35. The predicted octanol–water partition coefficient (Wildman–Crippen LogP) is 3.13. The van der Waals surface area contributed by atoms with E-state index in [9.17, 15) is 4.79 Å². The van der Waals surface area contributed by atoms with E-state index < -0.39 is 5.97 Å². The molecule has 4 rings (SSSR count). The van der Waals surface area contributed by atoms with Crippen LogP contribution < -0.4 is 4.74 Å². The van der Waals surface area contributed by atoms with Gasteiger partial charge in [-0.25, -0.2) is 9.89 Å². The Bertz CT molecular complexity index is 870. The van der Waals surface area contributed by atoms with Gasteiger partial charge < -0.3 is 9.84 Å². The third-order valence-electron chi connectivity index (χ3n) is 4.67. The molecule has 0 atom stereocenters. The summed E-state index contributed by atoms with van der Waals surface area (Å²) >= 11 is 1.53. The number of ether oxygens (including phenoxy) is 1. The fourth-order valence-electron chi connectivity index (χ4n) is 3.31. The van der Waals surface area contributed by atoms with Crippen LogP contribution >= 0.6 is 11.3 Å². The van der Waals surface area contributed by atoms with Crippen LogP contribution in [0.2, 0.25) is 0 Å². The van der Waals surface area contributed by atoms with Crippen LogP contribution in [0.4, 0.5) is 0 Å². The lowest BCUT2D eigenvalue weighted by Gasteiger charge is -2.28.